The Bertz CT molecular complexity index is 311. The zero-order chi connectivity index (χ0) is 11.7. The van der Waals surface area contributed by atoms with Gasteiger partial charge < -0.3 is 5.11 Å². The van der Waals surface area contributed by atoms with Crippen LogP contribution >= 0.6 is 0 Å². The second kappa shape index (κ2) is 4.39. The van der Waals surface area contributed by atoms with Crippen LogP contribution in [0.15, 0.2) is 0 Å². The Hall–Kier alpha value is -0.130. The first kappa shape index (κ1) is 12.9. The van der Waals surface area contributed by atoms with Crippen LogP contribution < -0.4 is 0 Å². The minimum Gasteiger partial charge on any atom is -0.395 e. The Balaban J connectivity index is 2.80. The molecule has 1 unspecified atom stereocenters. The lowest BCUT2D eigenvalue weighted by Crippen LogP contribution is -2.47. The molecular weight excluding hydrogens is 214 g/mol. The topological polar surface area (TPSA) is 57.6 Å². The molecule has 4 nitrogen and oxygen atoms in total. The first-order chi connectivity index (χ1) is 6.79. The summed E-state index contributed by atoms with van der Waals surface area (Å²) in [7, 11) is -3.30. The van der Waals surface area contributed by atoms with Crippen molar-refractivity contribution in [3.63, 3.8) is 0 Å². The molecule has 0 aromatic carbocycles. The standard InChI is InChI=1S/C10H21NO3S/c1-9(7-12)15(13,14)11-6-4-5-10(2,3)8-11/h9,12H,4-8H2,1-3H3. The monoisotopic (exact) mass is 235 g/mol. The van der Waals surface area contributed by atoms with Crippen molar-refractivity contribution in [2.24, 2.45) is 5.41 Å². The summed E-state index contributed by atoms with van der Waals surface area (Å²) in [5.74, 6) is 0. The van der Waals surface area contributed by atoms with Crippen molar-refractivity contribution in [2.45, 2.75) is 38.9 Å². The summed E-state index contributed by atoms with van der Waals surface area (Å²) in [5, 5.41) is 8.24. The largest absolute Gasteiger partial charge is 0.395 e. The number of aliphatic hydroxyl groups is 1. The predicted molar refractivity (Wildman–Crippen MR) is 60.1 cm³/mol. The van der Waals surface area contributed by atoms with E-state index in [2.05, 4.69) is 13.8 Å². The van der Waals surface area contributed by atoms with Gasteiger partial charge in [-0.05, 0) is 25.2 Å². The maximum Gasteiger partial charge on any atom is 0.218 e. The number of aliphatic hydroxyl groups excluding tert-OH is 1. The van der Waals surface area contributed by atoms with Crippen molar-refractivity contribution in [3.8, 4) is 0 Å². The molecule has 1 saturated heterocycles. The Morgan fingerprint density at radius 2 is 2.07 bits per heavy atom. The zero-order valence-electron chi connectivity index (χ0n) is 9.73. The molecule has 5 heteroatoms. The number of hydrogen-bond donors (Lipinski definition) is 1. The highest BCUT2D eigenvalue weighted by atomic mass is 32.2. The lowest BCUT2D eigenvalue weighted by atomic mass is 9.85. The Kier molecular flexibility index (Phi) is 3.79. The summed E-state index contributed by atoms with van der Waals surface area (Å²) in [5.41, 5.74) is 0.0560. The molecule has 1 heterocycles. The molecule has 15 heavy (non-hydrogen) atoms. The van der Waals surface area contributed by atoms with E-state index in [0.29, 0.717) is 13.1 Å². The molecule has 1 aliphatic rings. The molecule has 1 rings (SSSR count). The van der Waals surface area contributed by atoms with Gasteiger partial charge in [-0.1, -0.05) is 13.8 Å². The third-order valence-corrected chi connectivity index (χ3v) is 5.19. The van der Waals surface area contributed by atoms with E-state index >= 15 is 0 Å². The molecule has 0 spiro atoms. The van der Waals surface area contributed by atoms with E-state index in [0.717, 1.165) is 12.8 Å². The van der Waals surface area contributed by atoms with Crippen LogP contribution in [0.2, 0.25) is 0 Å². The number of nitrogens with zero attached hydrogens (tertiary/aromatic N) is 1. The molecule has 90 valence electrons. The van der Waals surface area contributed by atoms with Gasteiger partial charge in [0.25, 0.3) is 0 Å². The van der Waals surface area contributed by atoms with Gasteiger partial charge in [0.1, 0.15) is 0 Å². The highest BCUT2D eigenvalue weighted by Gasteiger charge is 2.35. The molecule has 0 aromatic heterocycles. The molecule has 1 fully saturated rings. The van der Waals surface area contributed by atoms with Crippen molar-refractivity contribution in [1.29, 1.82) is 0 Å². The fourth-order valence-corrected chi connectivity index (χ4v) is 3.55. The van der Waals surface area contributed by atoms with Gasteiger partial charge in [0.2, 0.25) is 10.0 Å². The lowest BCUT2D eigenvalue weighted by Gasteiger charge is -2.38. The Morgan fingerprint density at radius 1 is 1.47 bits per heavy atom. The first-order valence-electron chi connectivity index (χ1n) is 5.39. The van der Waals surface area contributed by atoms with Gasteiger partial charge in [0.05, 0.1) is 11.9 Å². The van der Waals surface area contributed by atoms with Crippen molar-refractivity contribution < 1.29 is 13.5 Å². The zero-order valence-corrected chi connectivity index (χ0v) is 10.5. The summed E-state index contributed by atoms with van der Waals surface area (Å²) in [6, 6.07) is 0. The van der Waals surface area contributed by atoms with Crippen LogP contribution in [0.5, 0.6) is 0 Å². The number of hydrogen-bond acceptors (Lipinski definition) is 3. The van der Waals surface area contributed by atoms with Crippen molar-refractivity contribution >= 4 is 10.0 Å². The molecule has 1 N–H and O–H groups in total. The quantitative estimate of drug-likeness (QED) is 0.788. The highest BCUT2D eigenvalue weighted by Crippen LogP contribution is 2.30. The van der Waals surface area contributed by atoms with Crippen LogP contribution in [0.3, 0.4) is 0 Å². The highest BCUT2D eigenvalue weighted by molar-refractivity contribution is 7.89. The molecule has 0 bridgehead atoms. The average Bonchev–Trinajstić information content (AvgIpc) is 2.15. The normalized spacial score (nSPS) is 25.1. The van der Waals surface area contributed by atoms with Crippen LogP contribution in [-0.4, -0.2) is 42.8 Å². The molecule has 0 aliphatic carbocycles. The van der Waals surface area contributed by atoms with Crippen LogP contribution in [0.25, 0.3) is 0 Å². The van der Waals surface area contributed by atoms with Gasteiger partial charge in [0.15, 0.2) is 0 Å². The summed E-state index contributed by atoms with van der Waals surface area (Å²) >= 11 is 0. The number of sulfonamides is 1. The van der Waals surface area contributed by atoms with Gasteiger partial charge in [-0.3, -0.25) is 0 Å². The summed E-state index contributed by atoms with van der Waals surface area (Å²) < 4.78 is 25.5. The molecule has 1 aliphatic heterocycles. The van der Waals surface area contributed by atoms with E-state index in [9.17, 15) is 8.42 Å². The molecule has 0 amide bonds. The Labute approximate surface area is 92.3 Å². The second-order valence-corrected chi connectivity index (χ2v) is 7.49. The van der Waals surface area contributed by atoms with Gasteiger partial charge in [-0.15, -0.1) is 0 Å². The summed E-state index contributed by atoms with van der Waals surface area (Å²) in [6.45, 7) is 6.57. The number of rotatable bonds is 3. The second-order valence-electron chi connectivity index (χ2n) is 5.14. The maximum atomic E-state index is 12.0. The van der Waals surface area contributed by atoms with E-state index in [-0.39, 0.29) is 12.0 Å². The Morgan fingerprint density at radius 3 is 2.53 bits per heavy atom. The van der Waals surface area contributed by atoms with Crippen molar-refractivity contribution in [3.05, 3.63) is 0 Å². The van der Waals surface area contributed by atoms with Crippen molar-refractivity contribution in [2.75, 3.05) is 19.7 Å². The minimum atomic E-state index is -3.30. The third-order valence-electron chi connectivity index (χ3n) is 2.99. The van der Waals surface area contributed by atoms with E-state index < -0.39 is 15.3 Å². The molecule has 0 aromatic rings. The predicted octanol–water partition coefficient (Wildman–Crippen LogP) is 0.819. The first-order valence-corrected chi connectivity index (χ1v) is 6.90. The third kappa shape index (κ3) is 2.92. The fraction of sp³-hybridized carbons (Fsp3) is 1.00. The summed E-state index contributed by atoms with van der Waals surface area (Å²) in [4.78, 5) is 0. The SMILES string of the molecule is CC(CO)S(=O)(=O)N1CCCC(C)(C)C1. The summed E-state index contributed by atoms with van der Waals surface area (Å²) in [6.07, 6.45) is 1.97. The van der Waals surface area contributed by atoms with Gasteiger partial charge in [-0.2, -0.15) is 0 Å². The molecule has 0 saturated carbocycles. The van der Waals surface area contributed by atoms with Crippen molar-refractivity contribution in [1.82, 2.24) is 4.31 Å². The fourth-order valence-electron chi connectivity index (χ4n) is 1.94. The molecule has 0 radical (unpaired) electrons. The average molecular weight is 235 g/mol. The van der Waals surface area contributed by atoms with Crippen LogP contribution in [-0.2, 0) is 10.0 Å². The van der Waals surface area contributed by atoms with Gasteiger partial charge in [0, 0.05) is 13.1 Å². The van der Waals surface area contributed by atoms with Crippen LogP contribution in [0.4, 0.5) is 0 Å². The minimum absolute atomic E-state index is 0.0560. The van der Waals surface area contributed by atoms with E-state index in [4.69, 9.17) is 5.11 Å². The van der Waals surface area contributed by atoms with Crippen LogP contribution in [0.1, 0.15) is 33.6 Å². The molecular formula is C10H21NO3S. The smallest absolute Gasteiger partial charge is 0.218 e. The van der Waals surface area contributed by atoms with Crippen LogP contribution in [0, 0.1) is 5.41 Å². The molecule has 1 atom stereocenters. The lowest BCUT2D eigenvalue weighted by molar-refractivity contribution is 0.183. The van der Waals surface area contributed by atoms with Gasteiger partial charge in [-0.25, -0.2) is 12.7 Å². The van der Waals surface area contributed by atoms with E-state index in [1.165, 1.54) is 4.31 Å². The van der Waals surface area contributed by atoms with Gasteiger partial charge >= 0.3 is 0 Å². The van der Waals surface area contributed by atoms with E-state index in [1.807, 2.05) is 0 Å². The maximum absolute atomic E-state index is 12.0. The van der Waals surface area contributed by atoms with E-state index in [1.54, 1.807) is 6.92 Å². The number of piperidine rings is 1.